The molecule has 0 unspecified atom stereocenters. The molecule has 0 aliphatic heterocycles. The van der Waals surface area contributed by atoms with Gasteiger partial charge in [-0.3, -0.25) is 9.59 Å². The first-order chi connectivity index (χ1) is 6.61. The number of aliphatic hydroxyl groups is 1. The highest BCUT2D eigenvalue weighted by atomic mass is 32.2. The summed E-state index contributed by atoms with van der Waals surface area (Å²) in [6, 6.07) is -0.624. The first-order valence-corrected chi connectivity index (χ1v) is 5.69. The summed E-state index contributed by atoms with van der Waals surface area (Å²) in [5, 5.41) is 10.9. The summed E-state index contributed by atoms with van der Waals surface area (Å²) >= 11 is 1.58. The maximum absolute atomic E-state index is 11.0. The normalized spacial score (nSPS) is 12.1. The zero-order valence-electron chi connectivity index (χ0n) is 8.16. The first-order valence-electron chi connectivity index (χ1n) is 4.30. The monoisotopic (exact) mass is 220 g/mol. The van der Waals surface area contributed by atoms with Crippen LogP contribution in [0.2, 0.25) is 0 Å². The van der Waals surface area contributed by atoms with E-state index in [1.807, 2.05) is 6.26 Å². The predicted octanol–water partition coefficient (Wildman–Crippen LogP) is -0.908. The van der Waals surface area contributed by atoms with Crippen molar-refractivity contribution >= 4 is 23.6 Å². The van der Waals surface area contributed by atoms with Crippen molar-refractivity contribution in [3.05, 3.63) is 0 Å². The molecule has 0 heterocycles. The van der Waals surface area contributed by atoms with Gasteiger partial charge in [-0.25, -0.2) is 0 Å². The maximum Gasteiger partial charge on any atom is 0.240 e. The second kappa shape index (κ2) is 7.64. The third-order valence-electron chi connectivity index (χ3n) is 1.63. The van der Waals surface area contributed by atoms with Gasteiger partial charge < -0.3 is 16.2 Å². The number of primary amides is 1. The summed E-state index contributed by atoms with van der Waals surface area (Å²) < 4.78 is 0. The molecule has 0 bridgehead atoms. The molecule has 0 aromatic rings. The molecule has 5 nitrogen and oxygen atoms in total. The number of nitrogens with two attached hydrogens (primary N) is 1. The molecule has 1 atom stereocenters. The van der Waals surface area contributed by atoms with Crippen molar-refractivity contribution in [1.29, 1.82) is 0 Å². The number of nitrogens with one attached hydrogen (secondary N) is 1. The Kier molecular flexibility index (Phi) is 7.23. The van der Waals surface area contributed by atoms with E-state index in [2.05, 4.69) is 5.32 Å². The van der Waals surface area contributed by atoms with Gasteiger partial charge in [0.2, 0.25) is 11.8 Å². The Morgan fingerprint density at radius 2 is 2.21 bits per heavy atom. The fourth-order valence-electron chi connectivity index (χ4n) is 0.889. The van der Waals surface area contributed by atoms with E-state index in [1.54, 1.807) is 11.8 Å². The maximum atomic E-state index is 11.0. The van der Waals surface area contributed by atoms with E-state index >= 15 is 0 Å². The minimum Gasteiger partial charge on any atom is -0.396 e. The van der Waals surface area contributed by atoms with E-state index in [4.69, 9.17) is 10.8 Å². The van der Waals surface area contributed by atoms with Crippen molar-refractivity contribution in [1.82, 2.24) is 5.32 Å². The number of rotatable bonds is 7. The fraction of sp³-hybridized carbons (Fsp3) is 0.750. The van der Waals surface area contributed by atoms with E-state index in [0.717, 1.165) is 5.75 Å². The van der Waals surface area contributed by atoms with E-state index in [1.165, 1.54) is 0 Å². The standard InChI is InChI=1S/C8H16N2O3S/c1-14-5-3-6(8(9)13)10-7(12)2-4-11/h6,11H,2-5H2,1H3,(H2,9,13)(H,10,12)/t6-/m0/s1. The second-order valence-electron chi connectivity index (χ2n) is 2.78. The fourth-order valence-corrected chi connectivity index (χ4v) is 1.36. The van der Waals surface area contributed by atoms with Crippen LogP contribution in [0.1, 0.15) is 12.8 Å². The van der Waals surface area contributed by atoms with Crippen LogP contribution in [0.4, 0.5) is 0 Å². The molecule has 0 aromatic heterocycles. The molecule has 6 heteroatoms. The number of carbonyl (C=O) groups excluding carboxylic acids is 2. The number of thioether (sulfide) groups is 1. The van der Waals surface area contributed by atoms with Gasteiger partial charge in [0, 0.05) is 6.42 Å². The van der Waals surface area contributed by atoms with Crippen molar-refractivity contribution < 1.29 is 14.7 Å². The summed E-state index contributed by atoms with van der Waals surface area (Å²) in [7, 11) is 0. The van der Waals surface area contributed by atoms with Crippen LogP contribution < -0.4 is 11.1 Å². The van der Waals surface area contributed by atoms with E-state index in [9.17, 15) is 9.59 Å². The lowest BCUT2D eigenvalue weighted by Crippen LogP contribution is -2.44. The molecule has 4 N–H and O–H groups in total. The highest BCUT2D eigenvalue weighted by Gasteiger charge is 2.16. The predicted molar refractivity (Wildman–Crippen MR) is 55.8 cm³/mol. The van der Waals surface area contributed by atoms with Gasteiger partial charge in [0.1, 0.15) is 6.04 Å². The second-order valence-corrected chi connectivity index (χ2v) is 3.76. The lowest BCUT2D eigenvalue weighted by molar-refractivity contribution is -0.127. The Bertz CT molecular complexity index is 199. The average molecular weight is 220 g/mol. The summed E-state index contributed by atoms with van der Waals surface area (Å²) in [4.78, 5) is 21.9. The molecule has 0 aliphatic carbocycles. The van der Waals surface area contributed by atoms with Crippen LogP contribution in [0.25, 0.3) is 0 Å². The smallest absolute Gasteiger partial charge is 0.240 e. The van der Waals surface area contributed by atoms with Crippen LogP contribution in [0, 0.1) is 0 Å². The highest BCUT2D eigenvalue weighted by Crippen LogP contribution is 2.00. The molecule has 0 saturated carbocycles. The van der Waals surface area contributed by atoms with Gasteiger partial charge in [0.15, 0.2) is 0 Å². The van der Waals surface area contributed by atoms with Gasteiger partial charge in [0.25, 0.3) is 0 Å². The molecule has 0 spiro atoms. The van der Waals surface area contributed by atoms with Gasteiger partial charge in [-0.1, -0.05) is 0 Å². The van der Waals surface area contributed by atoms with E-state index in [-0.39, 0.29) is 18.9 Å². The van der Waals surface area contributed by atoms with E-state index < -0.39 is 11.9 Å². The van der Waals surface area contributed by atoms with E-state index in [0.29, 0.717) is 6.42 Å². The lowest BCUT2D eigenvalue weighted by atomic mass is 10.2. The summed E-state index contributed by atoms with van der Waals surface area (Å²) in [5.74, 6) is -0.129. The molecule has 0 aromatic carbocycles. The average Bonchev–Trinajstić information content (AvgIpc) is 2.12. The molecule has 2 amide bonds. The molecule has 0 fully saturated rings. The summed E-state index contributed by atoms with van der Waals surface area (Å²) in [6.45, 7) is -0.222. The van der Waals surface area contributed by atoms with Crippen molar-refractivity contribution in [3.63, 3.8) is 0 Å². The number of hydrogen-bond acceptors (Lipinski definition) is 4. The molecule has 0 rings (SSSR count). The molecule has 82 valence electrons. The van der Waals surface area contributed by atoms with Crippen molar-refractivity contribution in [2.24, 2.45) is 5.73 Å². The summed E-state index contributed by atoms with van der Waals surface area (Å²) in [5.41, 5.74) is 5.10. The quantitative estimate of drug-likeness (QED) is 0.518. The summed E-state index contributed by atoms with van der Waals surface area (Å²) in [6.07, 6.45) is 2.43. The largest absolute Gasteiger partial charge is 0.396 e. The number of carbonyl (C=O) groups is 2. The van der Waals surface area contributed by atoms with Crippen LogP contribution in [0.3, 0.4) is 0 Å². The van der Waals surface area contributed by atoms with Crippen LogP contribution in [0.15, 0.2) is 0 Å². The minimum atomic E-state index is -0.624. The van der Waals surface area contributed by atoms with Crippen LogP contribution >= 0.6 is 11.8 Å². The molecular weight excluding hydrogens is 204 g/mol. The third-order valence-corrected chi connectivity index (χ3v) is 2.27. The van der Waals surface area contributed by atoms with Gasteiger partial charge in [-0.05, 0) is 18.4 Å². The topological polar surface area (TPSA) is 92.4 Å². The number of aliphatic hydroxyl groups excluding tert-OH is 1. The van der Waals surface area contributed by atoms with Crippen LogP contribution in [0.5, 0.6) is 0 Å². The SMILES string of the molecule is CSCC[C@H](NC(=O)CCO)C(N)=O. The molecule has 0 saturated heterocycles. The van der Waals surface area contributed by atoms with Gasteiger partial charge >= 0.3 is 0 Å². The van der Waals surface area contributed by atoms with Gasteiger partial charge in [-0.15, -0.1) is 0 Å². The molecule has 0 aliphatic rings. The van der Waals surface area contributed by atoms with Gasteiger partial charge in [0.05, 0.1) is 6.61 Å². The van der Waals surface area contributed by atoms with Crippen LogP contribution in [-0.2, 0) is 9.59 Å². The van der Waals surface area contributed by atoms with Gasteiger partial charge in [-0.2, -0.15) is 11.8 Å². The third kappa shape index (κ3) is 5.82. The lowest BCUT2D eigenvalue weighted by Gasteiger charge is -2.14. The Balaban J connectivity index is 3.95. The minimum absolute atomic E-state index is 0.00302. The van der Waals surface area contributed by atoms with Crippen molar-refractivity contribution in [2.75, 3.05) is 18.6 Å². The van der Waals surface area contributed by atoms with Crippen molar-refractivity contribution in [3.8, 4) is 0 Å². The van der Waals surface area contributed by atoms with Crippen molar-refractivity contribution in [2.45, 2.75) is 18.9 Å². The molecular formula is C8H16N2O3S. The Morgan fingerprint density at radius 1 is 1.57 bits per heavy atom. The molecule has 14 heavy (non-hydrogen) atoms. The first kappa shape index (κ1) is 13.2. The zero-order chi connectivity index (χ0) is 11.0. The number of amides is 2. The molecule has 0 radical (unpaired) electrons. The Labute approximate surface area is 87.4 Å². The highest BCUT2D eigenvalue weighted by molar-refractivity contribution is 7.98. The van der Waals surface area contributed by atoms with Crippen LogP contribution in [-0.4, -0.2) is 41.6 Å². The zero-order valence-corrected chi connectivity index (χ0v) is 8.97. The Hall–Kier alpha value is -0.750. The Morgan fingerprint density at radius 3 is 2.64 bits per heavy atom. The number of hydrogen-bond donors (Lipinski definition) is 3.